The van der Waals surface area contributed by atoms with E-state index in [0.717, 1.165) is 64.9 Å². The van der Waals surface area contributed by atoms with Crippen LogP contribution in [0.5, 0.6) is 5.75 Å². The zero-order chi connectivity index (χ0) is 39.5. The smallest absolute Gasteiger partial charge is 0.265 e. The lowest BCUT2D eigenvalue weighted by molar-refractivity contribution is -0.217. The zero-order valence-electron chi connectivity index (χ0n) is 32.2. The van der Waals surface area contributed by atoms with Crippen LogP contribution < -0.4 is 10.9 Å². The zero-order valence-corrected chi connectivity index (χ0v) is 32.2. The first kappa shape index (κ1) is 38.1. The summed E-state index contributed by atoms with van der Waals surface area (Å²) in [6.45, 7) is 9.00. The highest BCUT2D eigenvalue weighted by Crippen LogP contribution is 2.33. The highest BCUT2D eigenvalue weighted by atomic mass is 16.3. The summed E-state index contributed by atoms with van der Waals surface area (Å²) >= 11 is 0. The molecule has 0 spiro atoms. The van der Waals surface area contributed by atoms with Crippen LogP contribution >= 0.6 is 0 Å². The third-order valence-corrected chi connectivity index (χ3v) is 11.2. The van der Waals surface area contributed by atoms with Gasteiger partial charge in [0.2, 0.25) is 11.8 Å². The molecule has 0 saturated carbocycles. The van der Waals surface area contributed by atoms with Crippen molar-refractivity contribution < 1.29 is 19.5 Å². The van der Waals surface area contributed by atoms with Gasteiger partial charge in [-0.3, -0.25) is 19.8 Å². The Kier molecular flexibility index (Phi) is 11.2. The largest absolute Gasteiger partial charge is 0.508 e. The number of nitrogens with zero attached hydrogens (tertiary/aromatic N) is 6. The Morgan fingerprint density at radius 3 is 2.40 bits per heavy atom. The number of benzene rings is 4. The van der Waals surface area contributed by atoms with Crippen molar-refractivity contribution in [1.29, 1.82) is 0 Å². The molecule has 3 aliphatic heterocycles. The van der Waals surface area contributed by atoms with Crippen LogP contribution in [0.15, 0.2) is 116 Å². The molecular weight excluding hydrogens is 719 g/mol. The number of nitrogens with one attached hydrogen (secondary N) is 3. The first-order valence-corrected chi connectivity index (χ1v) is 19.5. The van der Waals surface area contributed by atoms with Crippen LogP contribution in [0.2, 0.25) is 0 Å². The van der Waals surface area contributed by atoms with E-state index in [1.165, 1.54) is 0 Å². The van der Waals surface area contributed by atoms with Gasteiger partial charge < -0.3 is 24.8 Å². The topological polar surface area (TPSA) is 131 Å². The molecule has 5 aromatic rings. The lowest BCUT2D eigenvalue weighted by Gasteiger charge is -2.55. The van der Waals surface area contributed by atoms with Gasteiger partial charge >= 0.3 is 0 Å². The van der Waals surface area contributed by atoms with Crippen molar-refractivity contribution in [3.8, 4) is 16.9 Å². The Balaban J connectivity index is 1.07. The number of likely N-dealkylation sites (N-methyl/N-ethyl adjacent to an activating group) is 1. The van der Waals surface area contributed by atoms with E-state index in [0.29, 0.717) is 31.6 Å². The Morgan fingerprint density at radius 2 is 1.67 bits per heavy atom. The van der Waals surface area contributed by atoms with Gasteiger partial charge in [0.1, 0.15) is 18.0 Å². The molecule has 13 heteroatoms. The molecule has 13 nitrogen and oxygen atoms in total. The molecule has 0 aliphatic carbocycles. The van der Waals surface area contributed by atoms with Crippen LogP contribution in [-0.4, -0.2) is 123 Å². The lowest BCUT2D eigenvalue weighted by Crippen LogP contribution is -2.77. The number of aromatic nitrogens is 1. The third-order valence-electron chi connectivity index (χ3n) is 11.2. The maximum absolute atomic E-state index is 14.7. The lowest BCUT2D eigenvalue weighted by atomic mass is 9.98. The van der Waals surface area contributed by atoms with Gasteiger partial charge in [0, 0.05) is 74.9 Å². The molecule has 3 saturated heterocycles. The quantitative estimate of drug-likeness (QED) is 0.140. The standard InChI is InChI=1S/C44H49N9O4/c1-3-20-51-30-41(55)52-39(25-31-12-18-36(54)19-13-31)44(57)49(29-40(52)53(51)46-26-32-8-5-4-6-9-32)28-35-10-7-11-37-38(27-45-42(35)37)33-14-16-34(17-15-33)43(56)47-50-23-21-48(2)22-24-50/h3-19,27,39-40,45-46,54H,1,20-26,28-30H2,2H3,(H,47,56)/t39-,40-/m0/s1. The Bertz CT molecular complexity index is 2220. The molecule has 4 heterocycles. The summed E-state index contributed by atoms with van der Waals surface area (Å²) in [5, 5.41) is 16.9. The van der Waals surface area contributed by atoms with E-state index in [1.807, 2.05) is 93.0 Å². The fourth-order valence-corrected chi connectivity index (χ4v) is 8.13. The van der Waals surface area contributed by atoms with Crippen molar-refractivity contribution in [1.82, 2.24) is 45.7 Å². The van der Waals surface area contributed by atoms with E-state index < -0.39 is 12.2 Å². The molecule has 2 atom stereocenters. The van der Waals surface area contributed by atoms with Crippen molar-refractivity contribution in [2.45, 2.75) is 31.7 Å². The molecule has 294 valence electrons. The highest BCUT2D eigenvalue weighted by Gasteiger charge is 2.50. The number of rotatable bonds is 12. The van der Waals surface area contributed by atoms with Crippen LogP contribution in [0.25, 0.3) is 22.0 Å². The number of phenolic OH excluding ortho intramolecular Hbond substituents is 1. The molecule has 3 aliphatic rings. The number of hydrazine groups is 3. The van der Waals surface area contributed by atoms with Gasteiger partial charge in [-0.15, -0.1) is 6.58 Å². The van der Waals surface area contributed by atoms with Gasteiger partial charge in [0.05, 0.1) is 18.6 Å². The molecule has 4 N–H and O–H groups in total. The molecule has 3 amide bonds. The number of piperazine rings is 2. The fraction of sp³-hybridized carbons (Fsp3) is 0.295. The molecule has 57 heavy (non-hydrogen) atoms. The second-order valence-electron chi connectivity index (χ2n) is 15.0. The van der Waals surface area contributed by atoms with Crippen molar-refractivity contribution in [3.63, 3.8) is 0 Å². The Morgan fingerprint density at radius 1 is 0.912 bits per heavy atom. The van der Waals surface area contributed by atoms with Gasteiger partial charge in [-0.1, -0.05) is 78.9 Å². The second kappa shape index (κ2) is 16.7. The molecule has 8 rings (SSSR count). The summed E-state index contributed by atoms with van der Waals surface area (Å²) in [5.74, 6) is -0.251. The summed E-state index contributed by atoms with van der Waals surface area (Å²) < 4.78 is 0. The van der Waals surface area contributed by atoms with Gasteiger partial charge in [-0.25, -0.2) is 15.4 Å². The van der Waals surface area contributed by atoms with E-state index in [4.69, 9.17) is 0 Å². The summed E-state index contributed by atoms with van der Waals surface area (Å²) in [5.41, 5.74) is 13.0. The number of aromatic amines is 1. The average Bonchev–Trinajstić information content (AvgIpc) is 3.66. The number of amides is 3. The predicted molar refractivity (Wildman–Crippen MR) is 219 cm³/mol. The van der Waals surface area contributed by atoms with Gasteiger partial charge in [-0.05, 0) is 53.6 Å². The van der Waals surface area contributed by atoms with Crippen molar-refractivity contribution in [2.24, 2.45) is 0 Å². The predicted octanol–water partition coefficient (Wildman–Crippen LogP) is 3.96. The molecule has 0 unspecified atom stereocenters. The molecular formula is C44H49N9O4. The van der Waals surface area contributed by atoms with Crippen LogP contribution in [0.1, 0.15) is 27.0 Å². The van der Waals surface area contributed by atoms with E-state index in [2.05, 4.69) is 40.4 Å². The number of carbonyl (C=O) groups is 3. The fourth-order valence-electron chi connectivity index (χ4n) is 8.13. The normalized spacial score (nSPS) is 19.9. The number of para-hydroxylation sites is 1. The Hall–Kier alpha value is -5.83. The summed E-state index contributed by atoms with van der Waals surface area (Å²) in [6.07, 6.45) is 3.55. The number of fused-ring (bicyclic) bond motifs is 2. The van der Waals surface area contributed by atoms with Crippen LogP contribution in [0.3, 0.4) is 0 Å². The van der Waals surface area contributed by atoms with Gasteiger partial charge in [0.15, 0.2) is 0 Å². The highest BCUT2D eigenvalue weighted by molar-refractivity contribution is 5.99. The number of carbonyl (C=O) groups excluding carboxylic acids is 3. The monoisotopic (exact) mass is 767 g/mol. The summed E-state index contributed by atoms with van der Waals surface area (Å²) in [6, 6.07) is 29.9. The third kappa shape index (κ3) is 8.20. The average molecular weight is 768 g/mol. The van der Waals surface area contributed by atoms with Crippen LogP contribution in [-0.2, 0) is 29.1 Å². The van der Waals surface area contributed by atoms with Crippen molar-refractivity contribution in [3.05, 3.63) is 138 Å². The molecule has 1 aromatic heterocycles. The SMILES string of the molecule is C=CCN1CC(=O)N2[C@@H](Cc3ccc(O)cc3)C(=O)N(Cc3cccc4c(-c5ccc(C(=O)NN6CCN(C)CC6)cc5)c[nH]c34)C[C@@H]2N1NCc1ccccc1. The number of hydrogen-bond donors (Lipinski definition) is 4. The summed E-state index contributed by atoms with van der Waals surface area (Å²) in [7, 11) is 2.08. The first-order valence-electron chi connectivity index (χ1n) is 19.5. The van der Waals surface area contributed by atoms with Gasteiger partial charge in [0.25, 0.3) is 5.91 Å². The van der Waals surface area contributed by atoms with E-state index in [1.54, 1.807) is 35.2 Å². The minimum Gasteiger partial charge on any atom is -0.508 e. The van der Waals surface area contributed by atoms with E-state index in [-0.39, 0.29) is 36.6 Å². The van der Waals surface area contributed by atoms with Crippen molar-refractivity contribution in [2.75, 3.05) is 52.9 Å². The second-order valence-corrected chi connectivity index (χ2v) is 15.0. The molecule has 3 fully saturated rings. The Labute approximate surface area is 332 Å². The number of H-pyrrole nitrogens is 1. The van der Waals surface area contributed by atoms with E-state index >= 15 is 0 Å². The minimum atomic E-state index is -0.766. The number of phenols is 1. The van der Waals surface area contributed by atoms with Gasteiger partial charge in [-0.2, -0.15) is 5.12 Å². The maximum Gasteiger partial charge on any atom is 0.265 e. The number of hydrogen-bond acceptors (Lipinski definition) is 9. The van der Waals surface area contributed by atoms with Crippen LogP contribution in [0.4, 0.5) is 0 Å². The van der Waals surface area contributed by atoms with Crippen LogP contribution in [0, 0.1) is 0 Å². The molecule has 4 aromatic carbocycles. The minimum absolute atomic E-state index is 0.0934. The summed E-state index contributed by atoms with van der Waals surface area (Å²) in [4.78, 5) is 51.0. The van der Waals surface area contributed by atoms with E-state index in [9.17, 15) is 19.5 Å². The number of aromatic hydroxyl groups is 1. The molecule has 0 radical (unpaired) electrons. The first-order chi connectivity index (χ1) is 27.7. The molecule has 0 bridgehead atoms. The maximum atomic E-state index is 14.7. The van der Waals surface area contributed by atoms with Crippen molar-refractivity contribution >= 4 is 28.6 Å².